The smallest absolute Gasteiger partial charge is 0.335 e. The van der Waals surface area contributed by atoms with Crippen LogP contribution in [0.25, 0.3) is 10.9 Å². The number of benzene rings is 1. The molecular weight excluding hydrogens is 270 g/mol. The van der Waals surface area contributed by atoms with Gasteiger partial charge in [0.25, 0.3) is 0 Å². The summed E-state index contributed by atoms with van der Waals surface area (Å²) in [5.41, 5.74) is 0.839. The van der Waals surface area contributed by atoms with Gasteiger partial charge in [0.15, 0.2) is 0 Å². The number of nitrogens with zero attached hydrogens (tertiary/aromatic N) is 2. The minimum absolute atomic E-state index is 0.222. The standard InChI is InChI=1S/C15H17N3O3/c19-15(20)11-3-4-12-13(7-11)17-9-18-14(12)16-5-6-21-8-10-1-2-10/h3-4,7,9-10H,1-2,5-6,8H2,(H,19,20)(H,16,17,18). The van der Waals surface area contributed by atoms with Crippen molar-refractivity contribution in [2.24, 2.45) is 5.92 Å². The van der Waals surface area contributed by atoms with Gasteiger partial charge in [-0.25, -0.2) is 14.8 Å². The highest BCUT2D eigenvalue weighted by Crippen LogP contribution is 2.28. The molecule has 6 heteroatoms. The van der Waals surface area contributed by atoms with Crippen LogP contribution in [0.4, 0.5) is 5.82 Å². The molecule has 2 N–H and O–H groups in total. The van der Waals surface area contributed by atoms with Crippen molar-refractivity contribution in [1.82, 2.24) is 9.97 Å². The molecule has 0 unspecified atom stereocenters. The van der Waals surface area contributed by atoms with Gasteiger partial charge in [-0.15, -0.1) is 0 Å². The number of aromatic nitrogens is 2. The number of carbonyl (C=O) groups is 1. The third kappa shape index (κ3) is 3.46. The maximum atomic E-state index is 11.0. The monoisotopic (exact) mass is 287 g/mol. The second-order valence-electron chi connectivity index (χ2n) is 5.20. The van der Waals surface area contributed by atoms with Gasteiger partial charge < -0.3 is 15.2 Å². The molecule has 1 heterocycles. The lowest BCUT2D eigenvalue weighted by atomic mass is 10.1. The van der Waals surface area contributed by atoms with E-state index in [0.717, 1.165) is 17.9 Å². The minimum atomic E-state index is -0.960. The number of anilines is 1. The maximum absolute atomic E-state index is 11.0. The summed E-state index contributed by atoms with van der Waals surface area (Å²) in [7, 11) is 0. The van der Waals surface area contributed by atoms with Gasteiger partial charge in [0.1, 0.15) is 12.1 Å². The van der Waals surface area contributed by atoms with Crippen LogP contribution in [-0.4, -0.2) is 40.8 Å². The molecule has 0 radical (unpaired) electrons. The zero-order valence-electron chi connectivity index (χ0n) is 11.6. The molecule has 3 rings (SSSR count). The van der Waals surface area contributed by atoms with Crippen LogP contribution < -0.4 is 5.32 Å². The van der Waals surface area contributed by atoms with Crippen LogP contribution in [0, 0.1) is 5.92 Å². The van der Waals surface area contributed by atoms with Crippen molar-refractivity contribution in [1.29, 1.82) is 0 Å². The van der Waals surface area contributed by atoms with E-state index < -0.39 is 5.97 Å². The summed E-state index contributed by atoms with van der Waals surface area (Å²) in [4.78, 5) is 19.3. The molecule has 110 valence electrons. The van der Waals surface area contributed by atoms with E-state index >= 15 is 0 Å². The second kappa shape index (κ2) is 6.05. The van der Waals surface area contributed by atoms with Gasteiger partial charge in [-0.1, -0.05) is 0 Å². The van der Waals surface area contributed by atoms with E-state index in [2.05, 4.69) is 15.3 Å². The number of nitrogens with one attached hydrogen (secondary N) is 1. The highest BCUT2D eigenvalue weighted by molar-refractivity contribution is 5.96. The Bertz CT molecular complexity index is 656. The Hall–Kier alpha value is -2.21. The van der Waals surface area contributed by atoms with Crippen LogP contribution in [0.2, 0.25) is 0 Å². The predicted octanol–water partition coefficient (Wildman–Crippen LogP) is 2.17. The van der Waals surface area contributed by atoms with Gasteiger partial charge in [0.2, 0.25) is 0 Å². The molecule has 2 aromatic rings. The molecule has 0 bridgehead atoms. The highest BCUT2D eigenvalue weighted by Gasteiger charge is 2.20. The average molecular weight is 287 g/mol. The third-order valence-corrected chi connectivity index (χ3v) is 3.47. The Balaban J connectivity index is 1.65. The second-order valence-corrected chi connectivity index (χ2v) is 5.20. The van der Waals surface area contributed by atoms with Crippen molar-refractivity contribution in [3.8, 4) is 0 Å². The van der Waals surface area contributed by atoms with Crippen molar-refractivity contribution in [3.05, 3.63) is 30.1 Å². The quantitative estimate of drug-likeness (QED) is 0.759. The van der Waals surface area contributed by atoms with Gasteiger partial charge >= 0.3 is 5.97 Å². The van der Waals surface area contributed by atoms with Crippen molar-refractivity contribution in [2.45, 2.75) is 12.8 Å². The lowest BCUT2D eigenvalue weighted by Crippen LogP contribution is -2.12. The SMILES string of the molecule is O=C(O)c1ccc2c(NCCOCC3CC3)ncnc2c1. The lowest BCUT2D eigenvalue weighted by molar-refractivity contribution is 0.0697. The Morgan fingerprint density at radius 3 is 3.00 bits per heavy atom. The fourth-order valence-corrected chi connectivity index (χ4v) is 2.11. The largest absolute Gasteiger partial charge is 0.478 e. The number of aromatic carboxylic acids is 1. The van der Waals surface area contributed by atoms with Gasteiger partial charge in [-0.3, -0.25) is 0 Å². The van der Waals surface area contributed by atoms with E-state index in [0.29, 0.717) is 24.5 Å². The average Bonchev–Trinajstić information content (AvgIpc) is 3.30. The Morgan fingerprint density at radius 1 is 1.38 bits per heavy atom. The molecule has 0 aliphatic heterocycles. The molecular formula is C15H17N3O3. The Kier molecular flexibility index (Phi) is 3.96. The first-order valence-electron chi connectivity index (χ1n) is 7.04. The van der Waals surface area contributed by atoms with Gasteiger partial charge in [0, 0.05) is 18.5 Å². The molecule has 0 amide bonds. The van der Waals surface area contributed by atoms with Gasteiger partial charge in [-0.2, -0.15) is 0 Å². The first-order chi connectivity index (χ1) is 10.2. The van der Waals surface area contributed by atoms with Gasteiger partial charge in [0.05, 0.1) is 17.7 Å². The molecule has 0 atom stereocenters. The summed E-state index contributed by atoms with van der Waals surface area (Å²) in [6, 6.07) is 4.84. The first kappa shape index (κ1) is 13.8. The molecule has 1 aliphatic rings. The number of rotatable bonds is 7. The summed E-state index contributed by atoms with van der Waals surface area (Å²) in [5.74, 6) is 0.504. The van der Waals surface area contributed by atoms with E-state index in [1.807, 2.05) is 0 Å². The summed E-state index contributed by atoms with van der Waals surface area (Å²) >= 11 is 0. The molecule has 1 aromatic carbocycles. The van der Waals surface area contributed by atoms with E-state index in [9.17, 15) is 4.79 Å². The number of carboxylic acids is 1. The van der Waals surface area contributed by atoms with E-state index in [-0.39, 0.29) is 5.56 Å². The Labute approximate surface area is 122 Å². The topological polar surface area (TPSA) is 84.3 Å². The maximum Gasteiger partial charge on any atom is 0.335 e. The van der Waals surface area contributed by atoms with Crippen molar-refractivity contribution < 1.29 is 14.6 Å². The van der Waals surface area contributed by atoms with Crippen molar-refractivity contribution >= 4 is 22.7 Å². The number of fused-ring (bicyclic) bond motifs is 1. The zero-order chi connectivity index (χ0) is 14.7. The molecule has 0 saturated heterocycles. The molecule has 1 saturated carbocycles. The van der Waals surface area contributed by atoms with Crippen LogP contribution in [0.5, 0.6) is 0 Å². The molecule has 21 heavy (non-hydrogen) atoms. The van der Waals surface area contributed by atoms with E-state index in [1.165, 1.54) is 19.2 Å². The zero-order valence-corrected chi connectivity index (χ0v) is 11.6. The van der Waals surface area contributed by atoms with Crippen molar-refractivity contribution in [2.75, 3.05) is 25.1 Å². The molecule has 1 aromatic heterocycles. The first-order valence-corrected chi connectivity index (χ1v) is 7.04. The van der Waals surface area contributed by atoms with Crippen molar-refractivity contribution in [3.63, 3.8) is 0 Å². The molecule has 0 spiro atoms. The summed E-state index contributed by atoms with van der Waals surface area (Å²) in [6.07, 6.45) is 4.01. The van der Waals surface area contributed by atoms with Crippen LogP contribution in [0.1, 0.15) is 23.2 Å². The number of hydrogen-bond acceptors (Lipinski definition) is 5. The fourth-order valence-electron chi connectivity index (χ4n) is 2.11. The molecule has 1 aliphatic carbocycles. The number of hydrogen-bond donors (Lipinski definition) is 2. The van der Waals surface area contributed by atoms with E-state index in [4.69, 9.17) is 9.84 Å². The van der Waals surface area contributed by atoms with Crippen LogP contribution in [0.15, 0.2) is 24.5 Å². The number of carboxylic acid groups (broad SMARTS) is 1. The predicted molar refractivity (Wildman–Crippen MR) is 78.5 cm³/mol. The Morgan fingerprint density at radius 2 is 2.24 bits per heavy atom. The molecule has 6 nitrogen and oxygen atoms in total. The summed E-state index contributed by atoms with van der Waals surface area (Å²) < 4.78 is 5.56. The van der Waals surface area contributed by atoms with Gasteiger partial charge in [-0.05, 0) is 37.0 Å². The number of ether oxygens (including phenoxy) is 1. The normalized spacial score (nSPS) is 14.3. The lowest BCUT2D eigenvalue weighted by Gasteiger charge is -2.09. The highest BCUT2D eigenvalue weighted by atomic mass is 16.5. The van der Waals surface area contributed by atoms with Crippen LogP contribution in [0.3, 0.4) is 0 Å². The minimum Gasteiger partial charge on any atom is -0.478 e. The summed E-state index contributed by atoms with van der Waals surface area (Å²) in [6.45, 7) is 2.14. The van der Waals surface area contributed by atoms with Crippen LogP contribution in [-0.2, 0) is 4.74 Å². The summed E-state index contributed by atoms with van der Waals surface area (Å²) in [5, 5.41) is 13.0. The molecule has 1 fully saturated rings. The van der Waals surface area contributed by atoms with Crippen LogP contribution >= 0.6 is 0 Å². The van der Waals surface area contributed by atoms with E-state index in [1.54, 1.807) is 18.2 Å². The third-order valence-electron chi connectivity index (χ3n) is 3.47. The fraction of sp³-hybridized carbons (Fsp3) is 0.400.